The maximum absolute atomic E-state index is 11.9. The van der Waals surface area contributed by atoms with Gasteiger partial charge >= 0.3 is 0 Å². The second-order valence-corrected chi connectivity index (χ2v) is 5.14. The highest BCUT2D eigenvalue weighted by Crippen LogP contribution is 2.20. The molecule has 1 aliphatic rings. The summed E-state index contributed by atoms with van der Waals surface area (Å²) < 4.78 is 7.37. The Morgan fingerprint density at radius 2 is 2.22 bits per heavy atom. The molecule has 1 fully saturated rings. The lowest BCUT2D eigenvalue weighted by Gasteiger charge is -2.25. The minimum Gasteiger partial charge on any atom is -0.379 e. The Morgan fingerprint density at radius 1 is 1.50 bits per heavy atom. The number of nitrogens with zero attached hydrogens (tertiary/aromatic N) is 1. The molecule has 0 bridgehead atoms. The molecule has 18 heavy (non-hydrogen) atoms. The van der Waals surface area contributed by atoms with Crippen LogP contribution in [0.15, 0.2) is 36.6 Å². The Morgan fingerprint density at radius 3 is 2.83 bits per heavy atom. The van der Waals surface area contributed by atoms with Crippen LogP contribution in [-0.2, 0) is 4.74 Å². The standard InChI is InChI=1S/C13H21N2O2P/c1-3-5-7-12(6-4-2)14-13(16)18-15-8-10-17-11-9-15/h4-7,18H,2-3,8-11H2,1H3,(H,14,16)/b7-5-,12-6+. The van der Waals surface area contributed by atoms with Crippen LogP contribution in [0.3, 0.4) is 0 Å². The molecule has 1 atom stereocenters. The molecule has 1 N–H and O–H groups in total. The average molecular weight is 268 g/mol. The van der Waals surface area contributed by atoms with Crippen LogP contribution in [-0.4, -0.2) is 36.6 Å². The fourth-order valence-electron chi connectivity index (χ4n) is 1.49. The van der Waals surface area contributed by atoms with Crippen LogP contribution >= 0.6 is 8.73 Å². The number of allylic oxidation sites excluding steroid dienone is 4. The number of amides is 1. The predicted octanol–water partition coefficient (Wildman–Crippen LogP) is 2.66. The van der Waals surface area contributed by atoms with E-state index in [2.05, 4.69) is 23.5 Å². The van der Waals surface area contributed by atoms with Gasteiger partial charge in [0.15, 0.2) is 0 Å². The van der Waals surface area contributed by atoms with Gasteiger partial charge in [-0.3, -0.25) is 9.46 Å². The molecule has 1 heterocycles. The second-order valence-electron chi connectivity index (χ2n) is 3.83. The number of nitrogens with one attached hydrogen (secondary N) is 1. The average Bonchev–Trinajstić information content (AvgIpc) is 2.37. The van der Waals surface area contributed by atoms with E-state index in [-0.39, 0.29) is 14.4 Å². The van der Waals surface area contributed by atoms with Crippen molar-refractivity contribution in [3.05, 3.63) is 36.6 Å². The first-order chi connectivity index (χ1) is 8.76. The minimum absolute atomic E-state index is 0.0331. The van der Waals surface area contributed by atoms with Crippen LogP contribution in [0.2, 0.25) is 0 Å². The van der Waals surface area contributed by atoms with Crippen molar-refractivity contribution < 1.29 is 9.53 Å². The van der Waals surface area contributed by atoms with Crippen LogP contribution in [0.5, 0.6) is 0 Å². The smallest absolute Gasteiger partial charge is 0.257 e. The van der Waals surface area contributed by atoms with Crippen LogP contribution < -0.4 is 5.32 Å². The van der Waals surface area contributed by atoms with Crippen LogP contribution in [0.25, 0.3) is 0 Å². The van der Waals surface area contributed by atoms with Crippen molar-refractivity contribution in [2.24, 2.45) is 0 Å². The van der Waals surface area contributed by atoms with Crippen molar-refractivity contribution in [2.75, 3.05) is 26.3 Å². The summed E-state index contributed by atoms with van der Waals surface area (Å²) in [6.45, 7) is 8.79. The van der Waals surface area contributed by atoms with Gasteiger partial charge in [-0.05, 0) is 18.6 Å². The van der Waals surface area contributed by atoms with Gasteiger partial charge in [-0.1, -0.05) is 25.7 Å². The number of carbonyl (C=O) groups excluding carboxylic acids is 1. The van der Waals surface area contributed by atoms with Gasteiger partial charge in [0.1, 0.15) is 0 Å². The number of hydrogen-bond acceptors (Lipinski definition) is 3. The van der Waals surface area contributed by atoms with Crippen molar-refractivity contribution in [1.29, 1.82) is 0 Å². The van der Waals surface area contributed by atoms with E-state index >= 15 is 0 Å². The first-order valence-corrected chi connectivity index (χ1v) is 7.10. The zero-order chi connectivity index (χ0) is 13.2. The topological polar surface area (TPSA) is 41.6 Å². The Labute approximate surface area is 111 Å². The van der Waals surface area contributed by atoms with Crippen LogP contribution in [0.1, 0.15) is 13.3 Å². The summed E-state index contributed by atoms with van der Waals surface area (Å²) in [6, 6.07) is 0. The summed E-state index contributed by atoms with van der Waals surface area (Å²) >= 11 is 0. The van der Waals surface area contributed by atoms with Gasteiger partial charge in [0, 0.05) is 27.5 Å². The third kappa shape index (κ3) is 6.10. The first-order valence-electron chi connectivity index (χ1n) is 6.16. The van der Waals surface area contributed by atoms with Gasteiger partial charge in [-0.2, -0.15) is 0 Å². The Kier molecular flexibility index (Phi) is 7.58. The molecule has 1 saturated heterocycles. The monoisotopic (exact) mass is 268 g/mol. The van der Waals surface area contributed by atoms with Crippen molar-refractivity contribution in [3.8, 4) is 0 Å². The Balaban J connectivity index is 2.42. The lowest BCUT2D eigenvalue weighted by molar-refractivity contribution is 0.0761. The summed E-state index contributed by atoms with van der Waals surface area (Å²) in [5.41, 5.74) is 0.823. The third-order valence-electron chi connectivity index (χ3n) is 2.36. The van der Waals surface area contributed by atoms with Crippen molar-refractivity contribution >= 4 is 14.4 Å². The molecule has 5 heteroatoms. The SMILES string of the molecule is C=C/C=C(\C=C/CC)NC(=O)PN1CCOCC1. The van der Waals surface area contributed by atoms with Gasteiger partial charge in [0.25, 0.3) is 5.65 Å². The molecule has 1 amide bonds. The number of carbonyl (C=O) groups is 1. The minimum atomic E-state index is 0.0331. The van der Waals surface area contributed by atoms with E-state index < -0.39 is 0 Å². The van der Waals surface area contributed by atoms with E-state index in [1.165, 1.54) is 0 Å². The Bertz CT molecular complexity index is 334. The number of ether oxygens (including phenoxy) is 1. The summed E-state index contributed by atoms with van der Waals surface area (Å²) in [5, 5.41) is 2.89. The number of hydrogen-bond donors (Lipinski definition) is 1. The normalized spacial score (nSPS) is 18.6. The number of morpholine rings is 1. The number of rotatable bonds is 6. The molecule has 0 saturated carbocycles. The quantitative estimate of drug-likeness (QED) is 0.595. The summed E-state index contributed by atoms with van der Waals surface area (Å²) in [5.74, 6) is 0. The molecule has 1 rings (SSSR count). The van der Waals surface area contributed by atoms with Gasteiger partial charge in [-0.25, -0.2) is 0 Å². The highest BCUT2D eigenvalue weighted by atomic mass is 31.1. The zero-order valence-electron chi connectivity index (χ0n) is 10.8. The molecule has 0 aromatic rings. The second kappa shape index (κ2) is 9.03. The molecule has 100 valence electrons. The molecule has 0 aromatic carbocycles. The summed E-state index contributed by atoms with van der Waals surface area (Å²) in [6.07, 6.45) is 8.33. The summed E-state index contributed by atoms with van der Waals surface area (Å²) in [7, 11) is 0.152. The molecular weight excluding hydrogens is 247 g/mol. The highest BCUT2D eigenvalue weighted by molar-refractivity contribution is 7.55. The van der Waals surface area contributed by atoms with Crippen molar-refractivity contribution in [3.63, 3.8) is 0 Å². The molecule has 1 aliphatic heterocycles. The molecule has 0 radical (unpaired) electrons. The molecule has 0 aliphatic carbocycles. The van der Waals surface area contributed by atoms with Crippen LogP contribution in [0.4, 0.5) is 4.79 Å². The van der Waals surface area contributed by atoms with E-state index in [1.807, 2.05) is 12.2 Å². The maximum atomic E-state index is 11.9. The van der Waals surface area contributed by atoms with E-state index in [1.54, 1.807) is 12.2 Å². The molecule has 1 unspecified atom stereocenters. The largest absolute Gasteiger partial charge is 0.379 e. The van der Waals surface area contributed by atoms with E-state index in [4.69, 9.17) is 4.74 Å². The zero-order valence-corrected chi connectivity index (χ0v) is 11.8. The molecule has 0 aromatic heterocycles. The van der Waals surface area contributed by atoms with Crippen molar-refractivity contribution in [2.45, 2.75) is 13.3 Å². The van der Waals surface area contributed by atoms with Gasteiger partial charge in [-0.15, -0.1) is 0 Å². The fraction of sp³-hybridized carbons (Fsp3) is 0.462. The van der Waals surface area contributed by atoms with Gasteiger partial charge < -0.3 is 10.1 Å². The third-order valence-corrected chi connectivity index (χ3v) is 3.45. The van der Waals surface area contributed by atoms with Crippen molar-refractivity contribution in [1.82, 2.24) is 9.99 Å². The lowest BCUT2D eigenvalue weighted by atomic mass is 10.3. The Hall–Kier alpha value is -0.960. The fourth-order valence-corrected chi connectivity index (χ4v) is 2.38. The molecular formula is C13H21N2O2P. The maximum Gasteiger partial charge on any atom is 0.257 e. The lowest BCUT2D eigenvalue weighted by Crippen LogP contribution is -2.32. The van der Waals surface area contributed by atoms with E-state index in [9.17, 15) is 4.79 Å². The highest BCUT2D eigenvalue weighted by Gasteiger charge is 2.14. The molecule has 4 nitrogen and oxygen atoms in total. The van der Waals surface area contributed by atoms with E-state index in [0.29, 0.717) is 13.2 Å². The summed E-state index contributed by atoms with van der Waals surface area (Å²) in [4.78, 5) is 11.9. The van der Waals surface area contributed by atoms with E-state index in [0.717, 1.165) is 25.2 Å². The van der Waals surface area contributed by atoms with Crippen LogP contribution in [0, 0.1) is 0 Å². The van der Waals surface area contributed by atoms with Gasteiger partial charge in [0.05, 0.1) is 13.2 Å². The molecule has 0 spiro atoms. The first kappa shape index (κ1) is 15.1. The predicted molar refractivity (Wildman–Crippen MR) is 76.9 cm³/mol. The van der Waals surface area contributed by atoms with Gasteiger partial charge in [0.2, 0.25) is 0 Å².